The molecule has 4 aromatic heterocycles. The summed E-state index contributed by atoms with van der Waals surface area (Å²) in [6, 6.07) is 23.5. The molecule has 1 unspecified atom stereocenters. The summed E-state index contributed by atoms with van der Waals surface area (Å²) in [5.41, 5.74) is 0.937. The van der Waals surface area contributed by atoms with Crippen molar-refractivity contribution in [3.8, 4) is 0 Å². The molecule has 0 bridgehead atoms. The molecule has 0 fully saturated rings. The Balaban J connectivity index is 1.79. The van der Waals surface area contributed by atoms with Crippen LogP contribution in [0.3, 0.4) is 0 Å². The van der Waals surface area contributed by atoms with Gasteiger partial charge >= 0.3 is 0 Å². The molecule has 0 saturated heterocycles. The van der Waals surface area contributed by atoms with Crippen LogP contribution in [0.25, 0.3) is 0 Å². The Bertz CT molecular complexity index is 957. The van der Waals surface area contributed by atoms with Gasteiger partial charge in [0.2, 0.25) is 0 Å². The molecule has 6 heteroatoms. The van der Waals surface area contributed by atoms with Gasteiger partial charge in [-0.15, -0.1) is 0 Å². The molecule has 29 heavy (non-hydrogen) atoms. The molecule has 1 atom stereocenters. The van der Waals surface area contributed by atoms with Crippen molar-refractivity contribution in [1.29, 1.82) is 0 Å². The van der Waals surface area contributed by atoms with E-state index in [2.05, 4.69) is 29.7 Å². The second kappa shape index (κ2) is 8.93. The lowest BCUT2D eigenvalue weighted by atomic mass is 10.1. The van der Waals surface area contributed by atoms with Crippen LogP contribution in [0.5, 0.6) is 0 Å². The Kier molecular flexibility index (Phi) is 5.71. The highest BCUT2D eigenvalue weighted by atomic mass is 15.3. The number of nitrogens with zero attached hydrogens (tertiary/aromatic N) is 6. The number of rotatable bonds is 7. The summed E-state index contributed by atoms with van der Waals surface area (Å²) in [6.07, 6.45) is 7.21. The maximum absolute atomic E-state index is 4.65. The van der Waals surface area contributed by atoms with Gasteiger partial charge in [-0.3, -0.25) is 9.88 Å². The van der Waals surface area contributed by atoms with Gasteiger partial charge in [0, 0.05) is 38.4 Å². The van der Waals surface area contributed by atoms with E-state index in [1.807, 2.05) is 86.0 Å². The van der Waals surface area contributed by atoms with Crippen LogP contribution in [0.2, 0.25) is 0 Å². The topological polar surface area (TPSA) is 58.0 Å². The van der Waals surface area contributed by atoms with E-state index in [-0.39, 0.29) is 6.04 Å². The van der Waals surface area contributed by atoms with Gasteiger partial charge in [-0.2, -0.15) is 0 Å². The van der Waals surface area contributed by atoms with Crippen LogP contribution in [0.4, 0.5) is 17.5 Å². The summed E-state index contributed by atoms with van der Waals surface area (Å²) in [4.78, 5) is 22.6. The zero-order valence-corrected chi connectivity index (χ0v) is 16.2. The normalized spacial score (nSPS) is 11.6. The largest absolute Gasteiger partial charge is 0.357 e. The molecule has 0 saturated carbocycles. The van der Waals surface area contributed by atoms with Crippen LogP contribution >= 0.6 is 0 Å². The second-order valence-corrected chi connectivity index (χ2v) is 6.58. The molecule has 0 amide bonds. The van der Waals surface area contributed by atoms with E-state index in [4.69, 9.17) is 0 Å². The lowest BCUT2D eigenvalue weighted by Crippen LogP contribution is -2.36. The molecule has 4 aromatic rings. The maximum atomic E-state index is 4.65. The second-order valence-electron chi connectivity index (χ2n) is 6.58. The van der Waals surface area contributed by atoms with Crippen molar-refractivity contribution in [1.82, 2.24) is 19.9 Å². The SMILES string of the molecule is CN(CC(c1ccccn1)N(c1ccccn1)c1ccccn1)c1ccccn1. The Morgan fingerprint density at radius 2 is 1.10 bits per heavy atom. The summed E-state index contributed by atoms with van der Waals surface area (Å²) < 4.78 is 0. The molecule has 6 nitrogen and oxygen atoms in total. The van der Waals surface area contributed by atoms with E-state index in [0.717, 1.165) is 23.1 Å². The predicted octanol–water partition coefficient (Wildman–Crippen LogP) is 4.28. The fraction of sp³-hybridized carbons (Fsp3) is 0.130. The molecule has 0 aromatic carbocycles. The van der Waals surface area contributed by atoms with E-state index in [1.165, 1.54) is 0 Å². The third-order valence-electron chi connectivity index (χ3n) is 4.62. The van der Waals surface area contributed by atoms with Gasteiger partial charge in [-0.05, 0) is 48.5 Å². The predicted molar refractivity (Wildman–Crippen MR) is 115 cm³/mol. The van der Waals surface area contributed by atoms with Crippen molar-refractivity contribution in [3.05, 3.63) is 103 Å². The first-order valence-corrected chi connectivity index (χ1v) is 9.47. The van der Waals surface area contributed by atoms with Crippen LogP contribution < -0.4 is 9.80 Å². The van der Waals surface area contributed by atoms with Gasteiger partial charge in [0.1, 0.15) is 17.5 Å². The summed E-state index contributed by atoms with van der Waals surface area (Å²) in [6.45, 7) is 0.654. The average Bonchev–Trinajstić information content (AvgIpc) is 2.81. The van der Waals surface area contributed by atoms with Gasteiger partial charge in [0.25, 0.3) is 0 Å². The molecule has 0 N–H and O–H groups in total. The minimum absolute atomic E-state index is 0.118. The van der Waals surface area contributed by atoms with Crippen molar-refractivity contribution in [3.63, 3.8) is 0 Å². The molecule has 4 rings (SSSR count). The average molecular weight is 382 g/mol. The zero-order valence-electron chi connectivity index (χ0n) is 16.2. The first-order valence-electron chi connectivity index (χ1n) is 9.47. The molecule has 4 heterocycles. The van der Waals surface area contributed by atoms with Crippen molar-refractivity contribution >= 4 is 17.5 Å². The van der Waals surface area contributed by atoms with E-state index in [0.29, 0.717) is 6.54 Å². The Morgan fingerprint density at radius 3 is 1.55 bits per heavy atom. The summed E-state index contributed by atoms with van der Waals surface area (Å²) >= 11 is 0. The van der Waals surface area contributed by atoms with E-state index >= 15 is 0 Å². The Labute approximate surface area is 170 Å². The smallest absolute Gasteiger partial charge is 0.134 e. The number of hydrogen-bond acceptors (Lipinski definition) is 6. The van der Waals surface area contributed by atoms with Gasteiger partial charge in [-0.25, -0.2) is 15.0 Å². The third kappa shape index (κ3) is 4.38. The number of aromatic nitrogens is 4. The fourth-order valence-electron chi connectivity index (χ4n) is 3.24. The number of likely N-dealkylation sites (N-methyl/N-ethyl adjacent to an activating group) is 1. The zero-order chi connectivity index (χ0) is 19.9. The van der Waals surface area contributed by atoms with Gasteiger partial charge in [0.05, 0.1) is 11.7 Å². The van der Waals surface area contributed by atoms with Crippen LogP contribution in [-0.4, -0.2) is 33.5 Å². The highest BCUT2D eigenvalue weighted by molar-refractivity contribution is 5.58. The van der Waals surface area contributed by atoms with Crippen molar-refractivity contribution in [2.75, 3.05) is 23.4 Å². The molecular weight excluding hydrogens is 360 g/mol. The van der Waals surface area contributed by atoms with Gasteiger partial charge in [-0.1, -0.05) is 24.3 Å². The van der Waals surface area contributed by atoms with Crippen LogP contribution in [0, 0.1) is 0 Å². The van der Waals surface area contributed by atoms with E-state index in [1.54, 1.807) is 18.6 Å². The van der Waals surface area contributed by atoms with E-state index in [9.17, 15) is 0 Å². The van der Waals surface area contributed by atoms with Crippen LogP contribution in [-0.2, 0) is 0 Å². The minimum atomic E-state index is -0.118. The van der Waals surface area contributed by atoms with E-state index < -0.39 is 0 Å². The standard InChI is InChI=1S/C23H22N6/c1-28(21-11-3-7-15-25-21)18-20(19-10-2-6-14-24-19)29(22-12-4-8-16-26-22)23-13-5-9-17-27-23/h2-17,20H,18H2,1H3. The van der Waals surface area contributed by atoms with Gasteiger partial charge < -0.3 is 4.90 Å². The molecule has 0 aliphatic carbocycles. The number of pyridine rings is 4. The first kappa shape index (κ1) is 18.6. The summed E-state index contributed by atoms with van der Waals surface area (Å²) in [5.74, 6) is 2.53. The monoisotopic (exact) mass is 382 g/mol. The summed E-state index contributed by atoms with van der Waals surface area (Å²) in [5, 5.41) is 0. The molecule has 0 radical (unpaired) electrons. The van der Waals surface area contributed by atoms with Crippen molar-refractivity contribution in [2.24, 2.45) is 0 Å². The Hall–Kier alpha value is -3.80. The molecule has 0 spiro atoms. The van der Waals surface area contributed by atoms with Crippen molar-refractivity contribution in [2.45, 2.75) is 6.04 Å². The minimum Gasteiger partial charge on any atom is -0.357 e. The molecule has 144 valence electrons. The number of hydrogen-bond donors (Lipinski definition) is 0. The fourth-order valence-corrected chi connectivity index (χ4v) is 3.24. The van der Waals surface area contributed by atoms with Crippen molar-refractivity contribution < 1.29 is 0 Å². The quantitative estimate of drug-likeness (QED) is 0.475. The highest BCUT2D eigenvalue weighted by Crippen LogP contribution is 2.32. The summed E-state index contributed by atoms with van der Waals surface area (Å²) in [7, 11) is 2.04. The molecule has 0 aliphatic heterocycles. The molecule has 0 aliphatic rings. The Morgan fingerprint density at radius 1 is 0.621 bits per heavy atom. The lowest BCUT2D eigenvalue weighted by Gasteiger charge is -2.34. The first-order chi connectivity index (χ1) is 14.3. The third-order valence-corrected chi connectivity index (χ3v) is 4.62. The van der Waals surface area contributed by atoms with Crippen LogP contribution in [0.15, 0.2) is 97.6 Å². The highest BCUT2D eigenvalue weighted by Gasteiger charge is 2.27. The maximum Gasteiger partial charge on any atom is 0.134 e. The van der Waals surface area contributed by atoms with Crippen LogP contribution in [0.1, 0.15) is 11.7 Å². The van der Waals surface area contributed by atoms with Gasteiger partial charge in [0.15, 0.2) is 0 Å². The lowest BCUT2D eigenvalue weighted by molar-refractivity contribution is 0.646. The number of anilines is 3. The molecular formula is C23H22N6.